The molecule has 3 rings (SSSR count). The number of thiophene rings is 1. The minimum absolute atomic E-state index is 0.00431. The largest absolute Gasteiger partial charge is 0.321 e. The molecule has 2 aromatic rings. The zero-order valence-electron chi connectivity index (χ0n) is 17.0. The second-order valence-electron chi connectivity index (χ2n) is 7.32. The highest BCUT2D eigenvalue weighted by atomic mass is 32.2. The van der Waals surface area contributed by atoms with Crippen LogP contribution in [0.5, 0.6) is 0 Å². The van der Waals surface area contributed by atoms with Crippen LogP contribution in [-0.4, -0.2) is 57.5 Å². The summed E-state index contributed by atoms with van der Waals surface area (Å²) >= 11 is 1.06. The number of hydrogen-bond acceptors (Lipinski definition) is 6. The fraction of sp³-hybridized carbons (Fsp3) is 0.421. The number of carbonyl (C=O) groups is 1. The van der Waals surface area contributed by atoms with Crippen LogP contribution in [0.2, 0.25) is 0 Å². The van der Waals surface area contributed by atoms with Crippen LogP contribution in [0.3, 0.4) is 0 Å². The van der Waals surface area contributed by atoms with E-state index in [0.29, 0.717) is 18.8 Å². The molecular formula is C19H25N3O5S3. The van der Waals surface area contributed by atoms with Crippen molar-refractivity contribution in [3.8, 4) is 0 Å². The highest BCUT2D eigenvalue weighted by molar-refractivity contribution is 7.89. The summed E-state index contributed by atoms with van der Waals surface area (Å²) in [4.78, 5) is 13.0. The highest BCUT2D eigenvalue weighted by Crippen LogP contribution is 2.28. The van der Waals surface area contributed by atoms with Gasteiger partial charge >= 0.3 is 0 Å². The molecule has 1 aliphatic heterocycles. The van der Waals surface area contributed by atoms with Crippen LogP contribution in [-0.2, 0) is 20.0 Å². The first-order chi connectivity index (χ1) is 14.0. The molecule has 0 radical (unpaired) electrons. The van der Waals surface area contributed by atoms with Gasteiger partial charge < -0.3 is 5.32 Å². The Hall–Kier alpha value is -1.79. The summed E-state index contributed by atoms with van der Waals surface area (Å²) < 4.78 is 53.4. The number of rotatable bonds is 7. The van der Waals surface area contributed by atoms with Crippen molar-refractivity contribution in [2.45, 2.75) is 42.5 Å². The molecule has 164 valence electrons. The van der Waals surface area contributed by atoms with E-state index in [9.17, 15) is 21.6 Å². The lowest BCUT2D eigenvalue weighted by molar-refractivity contribution is 0.102. The van der Waals surface area contributed by atoms with Crippen LogP contribution in [0.4, 0.5) is 5.69 Å². The Morgan fingerprint density at radius 1 is 1.07 bits per heavy atom. The zero-order valence-corrected chi connectivity index (χ0v) is 19.5. The summed E-state index contributed by atoms with van der Waals surface area (Å²) in [6.07, 6.45) is 1.62. The summed E-state index contributed by atoms with van der Waals surface area (Å²) in [5, 5.41) is 4.24. The van der Waals surface area contributed by atoms with Gasteiger partial charge in [0, 0.05) is 31.9 Å². The van der Waals surface area contributed by atoms with E-state index in [1.807, 2.05) is 0 Å². The molecule has 0 unspecified atom stereocenters. The molecule has 0 atom stereocenters. The Labute approximate surface area is 181 Å². The third-order valence-corrected chi connectivity index (χ3v) is 10.1. The number of benzene rings is 1. The number of nitrogens with one attached hydrogen (secondary N) is 1. The maximum Gasteiger partial charge on any atom is 0.267 e. The molecule has 0 bridgehead atoms. The molecule has 1 fully saturated rings. The number of anilines is 1. The predicted molar refractivity (Wildman–Crippen MR) is 117 cm³/mol. The van der Waals surface area contributed by atoms with Gasteiger partial charge in [0.05, 0.1) is 4.90 Å². The van der Waals surface area contributed by atoms with Crippen molar-refractivity contribution in [2.75, 3.05) is 25.5 Å². The maximum absolute atomic E-state index is 12.8. The van der Waals surface area contributed by atoms with Crippen molar-refractivity contribution in [3.05, 3.63) is 40.6 Å². The summed E-state index contributed by atoms with van der Waals surface area (Å²) in [5.41, 5.74) is 0.379. The van der Waals surface area contributed by atoms with Gasteiger partial charge in [-0.1, -0.05) is 0 Å². The van der Waals surface area contributed by atoms with Gasteiger partial charge in [-0.2, -0.15) is 8.61 Å². The van der Waals surface area contributed by atoms with E-state index in [-0.39, 0.29) is 20.7 Å². The average molecular weight is 472 g/mol. The summed E-state index contributed by atoms with van der Waals surface area (Å²) in [7, 11) is -5.82. The van der Waals surface area contributed by atoms with E-state index >= 15 is 0 Å². The van der Waals surface area contributed by atoms with Gasteiger partial charge in [-0.05, 0) is 62.4 Å². The van der Waals surface area contributed by atoms with Crippen molar-refractivity contribution in [2.24, 2.45) is 0 Å². The number of hydrogen-bond donors (Lipinski definition) is 1. The monoisotopic (exact) mass is 471 g/mol. The number of amides is 1. The third kappa shape index (κ3) is 4.45. The number of nitrogens with zero attached hydrogens (tertiary/aromatic N) is 2. The van der Waals surface area contributed by atoms with Crippen molar-refractivity contribution in [1.29, 1.82) is 0 Å². The molecular weight excluding hydrogens is 446 g/mol. The summed E-state index contributed by atoms with van der Waals surface area (Å²) in [5.74, 6) is -0.544. The SMILES string of the molecule is CC(C)N(C)S(=O)(=O)c1ccc(NC(=O)c2sccc2S(=O)(=O)N2CCCC2)cc1. The van der Waals surface area contributed by atoms with Crippen LogP contribution in [0, 0.1) is 0 Å². The second-order valence-corrected chi connectivity index (χ2v) is 12.1. The Morgan fingerprint density at radius 2 is 1.67 bits per heavy atom. The average Bonchev–Trinajstić information content (AvgIpc) is 3.40. The van der Waals surface area contributed by atoms with Crippen LogP contribution >= 0.6 is 11.3 Å². The van der Waals surface area contributed by atoms with Crippen LogP contribution < -0.4 is 5.32 Å². The number of carbonyl (C=O) groups excluding carboxylic acids is 1. The molecule has 1 N–H and O–H groups in total. The molecule has 30 heavy (non-hydrogen) atoms. The standard InChI is InChI=1S/C19H25N3O5S3/c1-14(2)21(3)29(24,25)16-8-6-15(7-9-16)20-19(23)18-17(10-13-28-18)30(26,27)22-11-4-5-12-22/h6-10,13-14H,4-5,11-12H2,1-3H3,(H,20,23). The molecule has 2 heterocycles. The van der Waals surface area contributed by atoms with Gasteiger partial charge in [-0.3, -0.25) is 4.79 Å². The van der Waals surface area contributed by atoms with Gasteiger partial charge in [-0.15, -0.1) is 11.3 Å². The molecule has 0 spiro atoms. The van der Waals surface area contributed by atoms with Crippen molar-refractivity contribution < 1.29 is 21.6 Å². The Balaban J connectivity index is 1.79. The van der Waals surface area contributed by atoms with Gasteiger partial charge in [0.2, 0.25) is 20.0 Å². The van der Waals surface area contributed by atoms with Crippen LogP contribution in [0.1, 0.15) is 36.4 Å². The van der Waals surface area contributed by atoms with E-state index in [4.69, 9.17) is 0 Å². The predicted octanol–water partition coefficient (Wildman–Crippen LogP) is 2.81. The second kappa shape index (κ2) is 8.75. The fourth-order valence-corrected chi connectivity index (χ4v) is 7.26. The molecule has 8 nitrogen and oxygen atoms in total. The molecule has 1 amide bonds. The van der Waals surface area contributed by atoms with Crippen molar-refractivity contribution >= 4 is 43.0 Å². The first kappa shape index (κ1) is 22.9. The van der Waals surface area contributed by atoms with E-state index < -0.39 is 26.0 Å². The lowest BCUT2D eigenvalue weighted by Gasteiger charge is -2.21. The molecule has 1 aromatic carbocycles. The normalized spacial score (nSPS) is 15.8. The lowest BCUT2D eigenvalue weighted by atomic mass is 10.3. The first-order valence-electron chi connectivity index (χ1n) is 9.52. The Kier molecular flexibility index (Phi) is 6.68. The molecule has 11 heteroatoms. The summed E-state index contributed by atoms with van der Waals surface area (Å²) in [6.45, 7) is 4.47. The molecule has 1 aromatic heterocycles. The smallest absolute Gasteiger partial charge is 0.267 e. The van der Waals surface area contributed by atoms with Crippen LogP contribution in [0.15, 0.2) is 45.5 Å². The lowest BCUT2D eigenvalue weighted by Crippen LogP contribution is -2.33. The topological polar surface area (TPSA) is 104 Å². The fourth-order valence-electron chi connectivity index (χ4n) is 3.08. The summed E-state index contributed by atoms with van der Waals surface area (Å²) in [6, 6.07) is 7.07. The maximum atomic E-state index is 12.8. The minimum atomic E-state index is -3.71. The Bertz CT molecular complexity index is 1120. The first-order valence-corrected chi connectivity index (χ1v) is 13.3. The van der Waals surface area contributed by atoms with Gasteiger partial charge in [-0.25, -0.2) is 16.8 Å². The molecule has 0 saturated carbocycles. The third-order valence-electron chi connectivity index (χ3n) is 5.03. The zero-order chi connectivity index (χ0) is 22.1. The van der Waals surface area contributed by atoms with E-state index in [2.05, 4.69) is 5.32 Å². The van der Waals surface area contributed by atoms with Crippen molar-refractivity contribution in [3.63, 3.8) is 0 Å². The van der Waals surface area contributed by atoms with E-state index in [1.165, 1.54) is 46.0 Å². The van der Waals surface area contributed by atoms with Gasteiger partial charge in [0.1, 0.15) is 9.77 Å². The van der Waals surface area contributed by atoms with Gasteiger partial charge in [0.25, 0.3) is 5.91 Å². The quantitative estimate of drug-likeness (QED) is 0.669. The molecule has 1 saturated heterocycles. The number of sulfonamides is 2. The van der Waals surface area contributed by atoms with Gasteiger partial charge in [0.15, 0.2) is 0 Å². The molecule has 0 aliphatic carbocycles. The van der Waals surface area contributed by atoms with E-state index in [0.717, 1.165) is 24.2 Å². The Morgan fingerprint density at radius 3 is 2.23 bits per heavy atom. The minimum Gasteiger partial charge on any atom is -0.321 e. The molecule has 1 aliphatic rings. The van der Waals surface area contributed by atoms with Crippen LogP contribution in [0.25, 0.3) is 0 Å². The van der Waals surface area contributed by atoms with Crippen molar-refractivity contribution in [1.82, 2.24) is 8.61 Å². The highest BCUT2D eigenvalue weighted by Gasteiger charge is 2.32. The van der Waals surface area contributed by atoms with E-state index in [1.54, 1.807) is 19.2 Å².